The van der Waals surface area contributed by atoms with Gasteiger partial charge in [-0.1, -0.05) is 42.5 Å². The van der Waals surface area contributed by atoms with Crippen LogP contribution in [0.5, 0.6) is 0 Å². The van der Waals surface area contributed by atoms with Crippen molar-refractivity contribution in [3.05, 3.63) is 125 Å². The predicted octanol–water partition coefficient (Wildman–Crippen LogP) is 6.32. The molecule has 0 spiro atoms. The smallest absolute Gasteiger partial charge is 0.322 e. The second kappa shape index (κ2) is 11.1. The zero-order chi connectivity index (χ0) is 28.3. The summed E-state index contributed by atoms with van der Waals surface area (Å²) in [5.74, 6) is -0.351. The molecule has 1 aliphatic heterocycles. The number of carbonyl (C=O) groups excluding carboxylic acids is 1. The van der Waals surface area contributed by atoms with Crippen molar-refractivity contribution in [2.75, 3.05) is 16.6 Å². The molecule has 4 aromatic carbocycles. The number of nitrogens with zero attached hydrogens (tertiary/aromatic N) is 1. The highest BCUT2D eigenvalue weighted by atomic mass is 32.2. The normalized spacial score (nSPS) is 13.9. The summed E-state index contributed by atoms with van der Waals surface area (Å²) in [5.41, 5.74) is 3.49. The van der Waals surface area contributed by atoms with E-state index < -0.39 is 21.8 Å². The van der Waals surface area contributed by atoms with Crippen molar-refractivity contribution in [1.29, 1.82) is 0 Å². The van der Waals surface area contributed by atoms with Crippen LogP contribution in [-0.2, 0) is 35.7 Å². The van der Waals surface area contributed by atoms with Crippen LogP contribution in [0, 0.1) is 0 Å². The van der Waals surface area contributed by atoms with Crippen LogP contribution in [0.1, 0.15) is 32.6 Å². The van der Waals surface area contributed by atoms with E-state index in [1.807, 2.05) is 12.1 Å². The lowest BCUT2D eigenvalue weighted by molar-refractivity contribution is -0.137. The Hall–Kier alpha value is -4.15. The monoisotopic (exact) mass is 565 g/mol. The van der Waals surface area contributed by atoms with Crippen molar-refractivity contribution >= 4 is 27.3 Å². The van der Waals surface area contributed by atoms with Crippen molar-refractivity contribution in [2.45, 2.75) is 30.6 Å². The van der Waals surface area contributed by atoms with Gasteiger partial charge in [0.2, 0.25) is 0 Å². The first-order valence-electron chi connectivity index (χ1n) is 12.6. The summed E-state index contributed by atoms with van der Waals surface area (Å²) in [7, 11) is -4.14. The number of carbonyl (C=O) groups is 1. The number of benzene rings is 4. The number of nitrogens with one attached hydrogen (secondary N) is 2. The predicted molar refractivity (Wildman–Crippen MR) is 147 cm³/mol. The Kier molecular flexibility index (Phi) is 7.64. The van der Waals surface area contributed by atoms with Gasteiger partial charge in [-0.2, -0.15) is 13.2 Å². The minimum absolute atomic E-state index is 0.160. The van der Waals surface area contributed by atoms with Gasteiger partial charge in [-0.05, 0) is 77.7 Å². The summed E-state index contributed by atoms with van der Waals surface area (Å²) < 4.78 is 66.3. The number of anilines is 2. The van der Waals surface area contributed by atoms with Crippen molar-refractivity contribution in [3.63, 3.8) is 0 Å². The summed E-state index contributed by atoms with van der Waals surface area (Å²) in [6.07, 6.45) is -3.58. The fraction of sp³-hybridized carbons (Fsp3) is 0.167. The highest BCUT2D eigenvalue weighted by molar-refractivity contribution is 7.92. The van der Waals surface area contributed by atoms with E-state index >= 15 is 0 Å². The van der Waals surface area contributed by atoms with Crippen LogP contribution in [0.25, 0.3) is 0 Å². The first-order valence-corrected chi connectivity index (χ1v) is 14.0. The molecular formula is C30H26F3N3O3S. The van der Waals surface area contributed by atoms with Gasteiger partial charge in [-0.3, -0.25) is 14.4 Å². The van der Waals surface area contributed by atoms with E-state index in [1.165, 1.54) is 41.5 Å². The number of hydrogen-bond acceptors (Lipinski definition) is 4. The van der Waals surface area contributed by atoms with E-state index in [0.717, 1.165) is 49.8 Å². The molecular weight excluding hydrogens is 539 g/mol. The standard InChI is InChI=1S/C30H26F3N3O3S/c31-30(32,33)25-6-3-7-27(18-25)35-40(38,39)28-14-12-26(13-15-28)34-29(37)23-10-8-21(9-11-23)19-36-17-16-22-4-1-2-5-24(22)20-36/h1-15,18,35H,16-17,19-20H2,(H,34,37). The summed E-state index contributed by atoms with van der Waals surface area (Å²) in [6.45, 7) is 2.64. The molecule has 2 N–H and O–H groups in total. The van der Waals surface area contributed by atoms with Crippen molar-refractivity contribution in [1.82, 2.24) is 4.90 Å². The van der Waals surface area contributed by atoms with Gasteiger partial charge < -0.3 is 5.32 Å². The average molecular weight is 566 g/mol. The molecule has 0 radical (unpaired) electrons. The third kappa shape index (κ3) is 6.52. The lowest BCUT2D eigenvalue weighted by Gasteiger charge is -2.28. The Bertz CT molecular complexity index is 1620. The molecule has 1 amide bonds. The number of rotatable bonds is 7. The molecule has 0 aliphatic carbocycles. The summed E-state index contributed by atoms with van der Waals surface area (Å²) in [6, 6.07) is 25.1. The minimum Gasteiger partial charge on any atom is -0.322 e. The molecule has 0 atom stereocenters. The van der Waals surface area contributed by atoms with Gasteiger partial charge in [-0.25, -0.2) is 8.42 Å². The van der Waals surface area contributed by atoms with Gasteiger partial charge in [-0.15, -0.1) is 0 Å². The van der Waals surface area contributed by atoms with Crippen LogP contribution in [0.2, 0.25) is 0 Å². The van der Waals surface area contributed by atoms with E-state index in [-0.39, 0.29) is 16.5 Å². The highest BCUT2D eigenvalue weighted by Gasteiger charge is 2.30. The van der Waals surface area contributed by atoms with Gasteiger partial charge in [0.15, 0.2) is 0 Å². The molecule has 1 heterocycles. The molecule has 10 heteroatoms. The van der Waals surface area contributed by atoms with Crippen LogP contribution in [0.3, 0.4) is 0 Å². The summed E-state index contributed by atoms with van der Waals surface area (Å²) >= 11 is 0. The maximum Gasteiger partial charge on any atom is 0.416 e. The van der Waals surface area contributed by atoms with Gasteiger partial charge in [0.1, 0.15) is 0 Å². The van der Waals surface area contributed by atoms with Gasteiger partial charge in [0, 0.05) is 36.6 Å². The average Bonchev–Trinajstić information content (AvgIpc) is 2.93. The maximum absolute atomic E-state index is 12.9. The van der Waals surface area contributed by atoms with E-state index in [0.29, 0.717) is 11.3 Å². The summed E-state index contributed by atoms with van der Waals surface area (Å²) in [5, 5.41) is 2.73. The number of halogens is 3. The first kappa shape index (κ1) is 27.4. The molecule has 4 aromatic rings. The molecule has 0 saturated carbocycles. The van der Waals surface area contributed by atoms with E-state index in [1.54, 1.807) is 12.1 Å². The lowest BCUT2D eigenvalue weighted by atomic mass is 9.99. The Balaban J connectivity index is 1.18. The topological polar surface area (TPSA) is 78.5 Å². The Morgan fingerprint density at radius 1 is 0.825 bits per heavy atom. The molecule has 1 aliphatic rings. The molecule has 0 unspecified atom stereocenters. The Labute approximate surface area is 230 Å². The number of sulfonamides is 1. The first-order chi connectivity index (χ1) is 19.1. The van der Waals surface area contributed by atoms with E-state index in [2.05, 4.69) is 39.2 Å². The third-order valence-electron chi connectivity index (χ3n) is 6.70. The maximum atomic E-state index is 12.9. The van der Waals surface area contributed by atoms with Crippen molar-refractivity contribution in [2.24, 2.45) is 0 Å². The number of fused-ring (bicyclic) bond motifs is 1. The molecule has 6 nitrogen and oxygen atoms in total. The zero-order valence-electron chi connectivity index (χ0n) is 21.3. The van der Waals surface area contributed by atoms with Crippen LogP contribution in [0.4, 0.5) is 24.5 Å². The zero-order valence-corrected chi connectivity index (χ0v) is 22.1. The van der Waals surface area contributed by atoms with Gasteiger partial charge in [0.05, 0.1) is 10.5 Å². The van der Waals surface area contributed by atoms with Crippen LogP contribution < -0.4 is 10.0 Å². The number of alkyl halides is 3. The molecule has 5 rings (SSSR count). The van der Waals surface area contributed by atoms with Crippen molar-refractivity contribution < 1.29 is 26.4 Å². The highest BCUT2D eigenvalue weighted by Crippen LogP contribution is 2.31. The molecule has 0 aromatic heterocycles. The number of hydrogen-bond donors (Lipinski definition) is 2. The fourth-order valence-electron chi connectivity index (χ4n) is 4.60. The quantitative estimate of drug-likeness (QED) is 0.275. The molecule has 206 valence electrons. The van der Waals surface area contributed by atoms with Crippen LogP contribution >= 0.6 is 0 Å². The summed E-state index contributed by atoms with van der Waals surface area (Å²) in [4.78, 5) is 15.0. The fourth-order valence-corrected chi connectivity index (χ4v) is 5.65. The third-order valence-corrected chi connectivity index (χ3v) is 8.09. The van der Waals surface area contributed by atoms with E-state index in [9.17, 15) is 26.4 Å². The second-order valence-corrected chi connectivity index (χ2v) is 11.3. The van der Waals surface area contributed by atoms with Crippen LogP contribution in [0.15, 0.2) is 102 Å². The van der Waals surface area contributed by atoms with Crippen LogP contribution in [-0.4, -0.2) is 25.8 Å². The molecule has 0 bridgehead atoms. The number of amides is 1. The van der Waals surface area contributed by atoms with E-state index in [4.69, 9.17) is 0 Å². The lowest BCUT2D eigenvalue weighted by Crippen LogP contribution is -2.29. The minimum atomic E-state index is -4.60. The Morgan fingerprint density at radius 2 is 1.52 bits per heavy atom. The SMILES string of the molecule is O=C(Nc1ccc(S(=O)(=O)Nc2cccc(C(F)(F)F)c2)cc1)c1ccc(CN2CCc3ccccc3C2)cc1. The molecule has 40 heavy (non-hydrogen) atoms. The van der Waals surface area contributed by atoms with Crippen molar-refractivity contribution in [3.8, 4) is 0 Å². The molecule has 0 saturated heterocycles. The Morgan fingerprint density at radius 3 is 2.23 bits per heavy atom. The van der Waals surface area contributed by atoms with Gasteiger partial charge in [0.25, 0.3) is 15.9 Å². The molecule has 0 fully saturated rings. The largest absolute Gasteiger partial charge is 0.416 e. The second-order valence-electron chi connectivity index (χ2n) is 9.59. The van der Waals surface area contributed by atoms with Gasteiger partial charge >= 0.3 is 6.18 Å².